The van der Waals surface area contributed by atoms with Gasteiger partial charge in [0.25, 0.3) is 11.8 Å². The third-order valence-corrected chi connectivity index (χ3v) is 7.25. The topological polar surface area (TPSA) is 112 Å². The fourth-order valence-electron chi connectivity index (χ4n) is 5.33. The van der Waals surface area contributed by atoms with Crippen LogP contribution in [0.4, 0.5) is 4.79 Å². The van der Waals surface area contributed by atoms with E-state index >= 15 is 0 Å². The van der Waals surface area contributed by atoms with E-state index in [1.807, 2.05) is 45.0 Å². The van der Waals surface area contributed by atoms with Crippen LogP contribution in [-0.4, -0.2) is 54.4 Å². The van der Waals surface area contributed by atoms with Gasteiger partial charge in [-0.05, 0) is 39.0 Å². The zero-order valence-electron chi connectivity index (χ0n) is 21.7. The van der Waals surface area contributed by atoms with Gasteiger partial charge in [0.1, 0.15) is 11.2 Å². The highest BCUT2D eigenvalue weighted by Crippen LogP contribution is 2.44. The maximum absolute atomic E-state index is 13.3. The second-order valence-electron chi connectivity index (χ2n) is 10.9. The Labute approximate surface area is 219 Å². The van der Waals surface area contributed by atoms with Gasteiger partial charge in [0.2, 0.25) is 0 Å². The summed E-state index contributed by atoms with van der Waals surface area (Å²) < 4.78 is 18.4. The molecule has 9 heteroatoms. The normalized spacial score (nSPS) is 20.4. The standard InChI is InChI=1S/C29H29N3O6/c1-29(2,3)38-28(35)32-11-19(16-7-5-6-8-23(16)32)20-14-37-25-17(20)9-15(10-18(25)27(34)30-4)26(33)31-24-21-12-36-13-22(21)24/h5-11,14,21-22,24H,12-13H2,1-4H3,(H,30,34)(H,31,33)/t21-,22+,24?. The molecule has 6 rings (SSSR count). The fourth-order valence-corrected chi connectivity index (χ4v) is 5.33. The second-order valence-corrected chi connectivity index (χ2v) is 10.9. The molecule has 2 aromatic carbocycles. The average molecular weight is 516 g/mol. The third kappa shape index (κ3) is 4.03. The number of nitrogens with zero attached hydrogens (tertiary/aromatic N) is 1. The number of para-hydroxylation sites is 1. The number of nitrogens with one attached hydrogen (secondary N) is 2. The number of furan rings is 1. The third-order valence-electron chi connectivity index (χ3n) is 7.25. The van der Waals surface area contributed by atoms with E-state index in [2.05, 4.69) is 10.6 Å². The fraction of sp³-hybridized carbons (Fsp3) is 0.345. The van der Waals surface area contributed by atoms with Gasteiger partial charge in [-0.3, -0.25) is 14.2 Å². The molecule has 1 saturated carbocycles. The summed E-state index contributed by atoms with van der Waals surface area (Å²) in [6.07, 6.45) is 2.77. The number of amides is 2. The molecule has 0 spiro atoms. The number of carbonyl (C=O) groups excluding carboxylic acids is 3. The SMILES string of the molecule is CNC(=O)c1cc(C(=O)NC2[C@H]3COC[C@@H]23)cc2c(-c3cn(C(=O)OC(C)(C)C)c4ccccc34)coc12. The summed E-state index contributed by atoms with van der Waals surface area (Å²) in [4.78, 5) is 39.1. The Bertz CT molecular complexity index is 1600. The van der Waals surface area contributed by atoms with Crippen molar-refractivity contribution in [3.05, 3.63) is 60.0 Å². The number of hydrogen-bond donors (Lipinski definition) is 2. The number of rotatable bonds is 4. The predicted octanol–water partition coefficient (Wildman–Crippen LogP) is 4.57. The lowest BCUT2D eigenvalue weighted by Gasteiger charge is -2.19. The van der Waals surface area contributed by atoms with Gasteiger partial charge in [-0.25, -0.2) is 4.79 Å². The average Bonchev–Trinajstić information content (AvgIpc) is 3.32. The quantitative estimate of drug-likeness (QED) is 0.412. The highest BCUT2D eigenvalue weighted by Gasteiger charge is 2.54. The first kappa shape index (κ1) is 24.2. The summed E-state index contributed by atoms with van der Waals surface area (Å²) in [5.74, 6) is 0.0901. The molecule has 2 N–H and O–H groups in total. The summed E-state index contributed by atoms with van der Waals surface area (Å²) in [5, 5.41) is 7.14. The lowest BCUT2D eigenvalue weighted by Crippen LogP contribution is -2.30. The zero-order valence-corrected chi connectivity index (χ0v) is 21.7. The van der Waals surface area contributed by atoms with Crippen molar-refractivity contribution in [2.75, 3.05) is 20.3 Å². The molecule has 3 heterocycles. The van der Waals surface area contributed by atoms with Crippen molar-refractivity contribution in [3.8, 4) is 11.1 Å². The molecule has 9 nitrogen and oxygen atoms in total. The van der Waals surface area contributed by atoms with Gasteiger partial charge in [0.15, 0.2) is 0 Å². The number of hydrogen-bond acceptors (Lipinski definition) is 6. The van der Waals surface area contributed by atoms with E-state index in [-0.39, 0.29) is 23.4 Å². The van der Waals surface area contributed by atoms with Crippen molar-refractivity contribution in [1.29, 1.82) is 0 Å². The van der Waals surface area contributed by atoms with E-state index in [0.29, 0.717) is 52.7 Å². The van der Waals surface area contributed by atoms with Crippen molar-refractivity contribution >= 4 is 39.8 Å². The Balaban J connectivity index is 1.47. The number of benzene rings is 2. The molecule has 1 aliphatic heterocycles. The van der Waals surface area contributed by atoms with Crippen LogP contribution in [0.1, 0.15) is 41.5 Å². The molecule has 4 aromatic rings. The molecule has 0 bridgehead atoms. The van der Waals surface area contributed by atoms with Crippen LogP contribution >= 0.6 is 0 Å². The minimum absolute atomic E-state index is 0.0889. The van der Waals surface area contributed by atoms with Crippen molar-refractivity contribution in [2.45, 2.75) is 32.4 Å². The Morgan fingerprint density at radius 3 is 2.45 bits per heavy atom. The molecule has 2 amide bonds. The van der Waals surface area contributed by atoms with Crippen LogP contribution in [-0.2, 0) is 9.47 Å². The predicted molar refractivity (Wildman–Crippen MR) is 141 cm³/mol. The number of ether oxygens (including phenoxy) is 2. The Hall–Kier alpha value is -4.11. The van der Waals surface area contributed by atoms with E-state index < -0.39 is 11.7 Å². The van der Waals surface area contributed by atoms with Gasteiger partial charge < -0.3 is 24.5 Å². The Kier molecular flexibility index (Phi) is 5.57. The van der Waals surface area contributed by atoms with E-state index in [0.717, 1.165) is 10.9 Å². The first-order valence-electron chi connectivity index (χ1n) is 12.7. The molecule has 38 heavy (non-hydrogen) atoms. The first-order chi connectivity index (χ1) is 18.2. The molecule has 2 aliphatic rings. The van der Waals surface area contributed by atoms with Crippen LogP contribution in [0.15, 0.2) is 53.3 Å². The summed E-state index contributed by atoms with van der Waals surface area (Å²) >= 11 is 0. The van der Waals surface area contributed by atoms with Crippen molar-refractivity contribution in [2.24, 2.45) is 11.8 Å². The minimum atomic E-state index is -0.665. The van der Waals surface area contributed by atoms with E-state index in [1.165, 1.54) is 11.6 Å². The van der Waals surface area contributed by atoms with Gasteiger partial charge >= 0.3 is 6.09 Å². The number of aromatic nitrogens is 1. The molecule has 196 valence electrons. The Morgan fingerprint density at radius 2 is 1.74 bits per heavy atom. The maximum Gasteiger partial charge on any atom is 0.419 e. The summed E-state index contributed by atoms with van der Waals surface area (Å²) in [6, 6.07) is 10.9. The lowest BCUT2D eigenvalue weighted by atomic mass is 9.99. The van der Waals surface area contributed by atoms with Crippen molar-refractivity contribution < 1.29 is 28.3 Å². The summed E-state index contributed by atoms with van der Waals surface area (Å²) in [7, 11) is 1.53. The van der Waals surface area contributed by atoms with Crippen LogP contribution in [0.3, 0.4) is 0 Å². The van der Waals surface area contributed by atoms with Gasteiger partial charge in [-0.15, -0.1) is 0 Å². The van der Waals surface area contributed by atoms with Crippen LogP contribution < -0.4 is 10.6 Å². The Morgan fingerprint density at radius 1 is 1.00 bits per heavy atom. The van der Waals surface area contributed by atoms with Crippen LogP contribution in [0.2, 0.25) is 0 Å². The van der Waals surface area contributed by atoms with Crippen LogP contribution in [0.5, 0.6) is 0 Å². The van der Waals surface area contributed by atoms with Gasteiger partial charge in [0.05, 0.1) is 30.6 Å². The number of carbonyl (C=O) groups is 3. The molecule has 1 saturated heterocycles. The molecule has 1 aliphatic carbocycles. The van der Waals surface area contributed by atoms with Gasteiger partial charge in [-0.2, -0.15) is 0 Å². The largest absolute Gasteiger partial charge is 0.463 e. The maximum atomic E-state index is 13.3. The lowest BCUT2D eigenvalue weighted by molar-refractivity contribution is 0.0544. The van der Waals surface area contributed by atoms with E-state index in [4.69, 9.17) is 13.9 Å². The van der Waals surface area contributed by atoms with Crippen LogP contribution in [0.25, 0.3) is 33.0 Å². The van der Waals surface area contributed by atoms with Gasteiger partial charge in [0, 0.05) is 58.6 Å². The number of fused-ring (bicyclic) bond motifs is 3. The monoisotopic (exact) mass is 515 g/mol. The molecule has 1 unspecified atom stereocenters. The van der Waals surface area contributed by atoms with E-state index in [9.17, 15) is 14.4 Å². The molecular formula is C29H29N3O6. The molecule has 0 radical (unpaired) electrons. The molecule has 2 aromatic heterocycles. The zero-order chi connectivity index (χ0) is 26.8. The second kappa shape index (κ2) is 8.73. The molecule has 3 atom stereocenters. The smallest absolute Gasteiger partial charge is 0.419 e. The van der Waals surface area contributed by atoms with Crippen molar-refractivity contribution in [1.82, 2.24) is 15.2 Å². The van der Waals surface area contributed by atoms with Crippen molar-refractivity contribution in [3.63, 3.8) is 0 Å². The summed E-state index contributed by atoms with van der Waals surface area (Å²) in [6.45, 7) is 6.76. The van der Waals surface area contributed by atoms with E-state index in [1.54, 1.807) is 24.6 Å². The molecule has 2 fully saturated rings. The van der Waals surface area contributed by atoms with Gasteiger partial charge in [-0.1, -0.05) is 18.2 Å². The highest BCUT2D eigenvalue weighted by atomic mass is 16.6. The summed E-state index contributed by atoms with van der Waals surface area (Å²) in [5.41, 5.74) is 2.38. The highest BCUT2D eigenvalue weighted by molar-refractivity contribution is 6.14. The first-order valence-corrected chi connectivity index (χ1v) is 12.7. The van der Waals surface area contributed by atoms with Crippen LogP contribution in [0, 0.1) is 11.8 Å². The molecular weight excluding hydrogens is 486 g/mol. The minimum Gasteiger partial charge on any atom is -0.463 e.